The summed E-state index contributed by atoms with van der Waals surface area (Å²) in [7, 11) is 0. The number of anilines is 1. The van der Waals surface area contributed by atoms with E-state index in [0.717, 1.165) is 29.0 Å². The summed E-state index contributed by atoms with van der Waals surface area (Å²) in [5, 5.41) is 10.1. The van der Waals surface area contributed by atoms with Gasteiger partial charge in [-0.15, -0.1) is 10.2 Å². The van der Waals surface area contributed by atoms with Crippen LogP contribution in [-0.4, -0.2) is 33.6 Å². The molecule has 0 bridgehead atoms. The number of imide groups is 1. The van der Waals surface area contributed by atoms with E-state index in [1.54, 1.807) is 11.0 Å². The first-order valence-corrected chi connectivity index (χ1v) is 10.6. The topological polar surface area (TPSA) is 66.4 Å². The van der Waals surface area contributed by atoms with Crippen molar-refractivity contribution in [2.75, 3.05) is 11.4 Å². The summed E-state index contributed by atoms with van der Waals surface area (Å²) in [5.74, 6) is -0.292. The van der Waals surface area contributed by atoms with Gasteiger partial charge in [0, 0.05) is 17.0 Å². The van der Waals surface area contributed by atoms with Crippen LogP contribution in [-0.2, 0) is 10.2 Å². The molecule has 0 aliphatic carbocycles. The number of hydrogen-bond donors (Lipinski definition) is 0. The second kappa shape index (κ2) is 7.79. The van der Waals surface area contributed by atoms with Gasteiger partial charge in [-0.1, -0.05) is 69.2 Å². The standard InChI is InChI=1S/C20H25ClN4O2S/c1-6-7-10-24-15(13-8-9-14(21)12(2)11-13)16(26)25(19(24)27)18-23-22-17(28-18)20(3,4)5/h8-9,11,15H,6-7,10H2,1-5H3/t15-/m1/s1. The van der Waals surface area contributed by atoms with Crippen molar-refractivity contribution in [1.29, 1.82) is 0 Å². The van der Waals surface area contributed by atoms with Crippen molar-refractivity contribution in [1.82, 2.24) is 15.1 Å². The largest absolute Gasteiger partial charge is 0.334 e. The Kier molecular flexibility index (Phi) is 5.77. The molecule has 3 amide bonds. The van der Waals surface area contributed by atoms with E-state index in [9.17, 15) is 9.59 Å². The Morgan fingerprint density at radius 1 is 1.21 bits per heavy atom. The predicted molar refractivity (Wildman–Crippen MR) is 112 cm³/mol. The van der Waals surface area contributed by atoms with E-state index in [1.165, 1.54) is 16.2 Å². The van der Waals surface area contributed by atoms with E-state index in [-0.39, 0.29) is 17.4 Å². The lowest BCUT2D eigenvalue weighted by atomic mass is 9.98. The number of hydrogen-bond acceptors (Lipinski definition) is 5. The van der Waals surface area contributed by atoms with Crippen molar-refractivity contribution >= 4 is 40.0 Å². The van der Waals surface area contributed by atoms with Crippen LogP contribution in [0.25, 0.3) is 0 Å². The molecule has 0 spiro atoms. The van der Waals surface area contributed by atoms with Gasteiger partial charge in [-0.3, -0.25) is 4.79 Å². The third kappa shape index (κ3) is 3.78. The van der Waals surface area contributed by atoms with Gasteiger partial charge in [0.05, 0.1) is 0 Å². The Labute approximate surface area is 174 Å². The molecule has 1 aromatic heterocycles. The first-order chi connectivity index (χ1) is 13.1. The highest BCUT2D eigenvalue weighted by Crippen LogP contribution is 2.38. The Morgan fingerprint density at radius 3 is 2.50 bits per heavy atom. The zero-order valence-electron chi connectivity index (χ0n) is 16.8. The van der Waals surface area contributed by atoms with E-state index in [0.29, 0.717) is 16.7 Å². The van der Waals surface area contributed by atoms with E-state index >= 15 is 0 Å². The molecule has 0 saturated carbocycles. The summed E-state index contributed by atoms with van der Waals surface area (Å²) in [6.45, 7) is 10.5. The molecule has 8 heteroatoms. The van der Waals surface area contributed by atoms with Crippen molar-refractivity contribution in [2.45, 2.75) is 58.9 Å². The fraction of sp³-hybridized carbons (Fsp3) is 0.500. The summed E-state index contributed by atoms with van der Waals surface area (Å²) >= 11 is 7.44. The van der Waals surface area contributed by atoms with Crippen LogP contribution in [0.2, 0.25) is 5.02 Å². The van der Waals surface area contributed by atoms with Crippen molar-refractivity contribution in [3.63, 3.8) is 0 Å². The average Bonchev–Trinajstić information content (AvgIpc) is 3.19. The Bertz CT molecular complexity index is 906. The molecule has 0 unspecified atom stereocenters. The SMILES string of the molecule is CCCCN1C(=O)N(c2nnc(C(C)(C)C)s2)C(=O)[C@H]1c1ccc(Cl)c(C)c1. The van der Waals surface area contributed by atoms with Gasteiger partial charge < -0.3 is 4.90 Å². The number of nitrogens with zero attached hydrogens (tertiary/aromatic N) is 4. The molecule has 0 N–H and O–H groups in total. The quantitative estimate of drug-likeness (QED) is 0.630. The number of amides is 3. The van der Waals surface area contributed by atoms with Crippen LogP contribution >= 0.6 is 22.9 Å². The van der Waals surface area contributed by atoms with Crippen LogP contribution in [0, 0.1) is 6.92 Å². The lowest BCUT2D eigenvalue weighted by molar-refractivity contribution is -0.119. The molecule has 1 saturated heterocycles. The first kappa shape index (κ1) is 20.7. The molecule has 1 atom stereocenters. The second-order valence-electron chi connectivity index (χ2n) is 8.05. The van der Waals surface area contributed by atoms with Gasteiger partial charge in [-0.2, -0.15) is 0 Å². The molecule has 0 radical (unpaired) electrons. The van der Waals surface area contributed by atoms with Crippen LogP contribution in [0.1, 0.15) is 62.7 Å². The highest BCUT2D eigenvalue weighted by molar-refractivity contribution is 7.15. The normalized spacial score (nSPS) is 17.7. The summed E-state index contributed by atoms with van der Waals surface area (Å²) in [4.78, 5) is 29.3. The smallest absolute Gasteiger partial charge is 0.308 e. The molecule has 1 aliphatic rings. The number of aryl methyl sites for hydroxylation is 1. The van der Waals surface area contributed by atoms with Gasteiger partial charge >= 0.3 is 6.03 Å². The first-order valence-electron chi connectivity index (χ1n) is 9.39. The summed E-state index contributed by atoms with van der Waals surface area (Å²) in [6, 6.07) is 4.45. The van der Waals surface area contributed by atoms with Gasteiger partial charge in [0.25, 0.3) is 5.91 Å². The molecular weight excluding hydrogens is 396 g/mol. The van der Waals surface area contributed by atoms with Crippen LogP contribution in [0.5, 0.6) is 0 Å². The molecule has 2 heterocycles. The number of benzene rings is 1. The third-order valence-corrected chi connectivity index (χ3v) is 6.46. The zero-order chi connectivity index (χ0) is 20.6. The lowest BCUT2D eigenvalue weighted by Crippen LogP contribution is -2.33. The van der Waals surface area contributed by atoms with Gasteiger partial charge in [-0.05, 0) is 30.5 Å². The Hall–Kier alpha value is -1.99. The minimum absolute atomic E-state index is 0.198. The predicted octanol–water partition coefficient (Wildman–Crippen LogP) is 5.11. The molecule has 1 fully saturated rings. The highest BCUT2D eigenvalue weighted by atomic mass is 35.5. The van der Waals surface area contributed by atoms with Crippen LogP contribution in [0.15, 0.2) is 18.2 Å². The van der Waals surface area contributed by atoms with E-state index in [2.05, 4.69) is 17.1 Å². The maximum absolute atomic E-state index is 13.3. The summed E-state index contributed by atoms with van der Waals surface area (Å²) in [6.07, 6.45) is 1.75. The number of carbonyl (C=O) groups is 2. The van der Waals surface area contributed by atoms with E-state index in [1.807, 2.05) is 39.8 Å². The molecule has 1 aliphatic heterocycles. The van der Waals surface area contributed by atoms with Crippen LogP contribution in [0.3, 0.4) is 0 Å². The number of halogens is 1. The molecule has 6 nitrogen and oxygen atoms in total. The van der Waals surface area contributed by atoms with Gasteiger partial charge in [-0.25, -0.2) is 9.69 Å². The number of rotatable bonds is 5. The third-order valence-electron chi connectivity index (χ3n) is 4.70. The second-order valence-corrected chi connectivity index (χ2v) is 9.42. The van der Waals surface area contributed by atoms with Crippen molar-refractivity contribution < 1.29 is 9.59 Å². The number of aromatic nitrogens is 2. The Morgan fingerprint density at radius 2 is 1.93 bits per heavy atom. The fourth-order valence-corrected chi connectivity index (χ4v) is 4.11. The van der Waals surface area contributed by atoms with Crippen LogP contribution < -0.4 is 4.90 Å². The fourth-order valence-electron chi connectivity index (χ4n) is 3.09. The van der Waals surface area contributed by atoms with Crippen LogP contribution in [0.4, 0.5) is 9.93 Å². The van der Waals surface area contributed by atoms with E-state index < -0.39 is 6.04 Å². The average molecular weight is 421 g/mol. The zero-order valence-corrected chi connectivity index (χ0v) is 18.4. The van der Waals surface area contributed by atoms with Crippen molar-refractivity contribution in [3.05, 3.63) is 39.4 Å². The number of urea groups is 1. The van der Waals surface area contributed by atoms with Gasteiger partial charge in [0.1, 0.15) is 11.0 Å². The summed E-state index contributed by atoms with van der Waals surface area (Å²) in [5.41, 5.74) is 1.44. The number of carbonyl (C=O) groups excluding carboxylic acids is 2. The van der Waals surface area contributed by atoms with Gasteiger partial charge in [0.15, 0.2) is 0 Å². The number of unbranched alkanes of at least 4 members (excludes halogenated alkanes) is 1. The minimum atomic E-state index is -0.669. The molecule has 2 aromatic rings. The monoisotopic (exact) mass is 420 g/mol. The van der Waals surface area contributed by atoms with E-state index in [4.69, 9.17) is 11.6 Å². The van der Waals surface area contributed by atoms with Gasteiger partial charge in [0.2, 0.25) is 5.13 Å². The maximum atomic E-state index is 13.3. The molecule has 150 valence electrons. The lowest BCUT2D eigenvalue weighted by Gasteiger charge is -2.22. The molecule has 1 aromatic carbocycles. The Balaban J connectivity index is 2.01. The van der Waals surface area contributed by atoms with Crippen molar-refractivity contribution in [3.8, 4) is 0 Å². The minimum Gasteiger partial charge on any atom is -0.308 e. The van der Waals surface area contributed by atoms with Crippen molar-refractivity contribution in [2.24, 2.45) is 0 Å². The molecule has 28 heavy (non-hydrogen) atoms. The highest BCUT2D eigenvalue weighted by Gasteiger charge is 2.48. The molecule has 3 rings (SSSR count). The molecular formula is C20H25ClN4O2S. The summed E-state index contributed by atoms with van der Waals surface area (Å²) < 4.78 is 0. The maximum Gasteiger partial charge on any atom is 0.334 e.